The number of hydrogen-bond acceptors (Lipinski definition) is 3. The molecule has 3 heteroatoms. The first-order chi connectivity index (χ1) is 7.53. The molecule has 94 valence electrons. The van der Waals surface area contributed by atoms with E-state index in [1.165, 1.54) is 38.6 Å². The van der Waals surface area contributed by atoms with Gasteiger partial charge in [-0.1, -0.05) is 12.8 Å². The van der Waals surface area contributed by atoms with E-state index >= 15 is 0 Å². The quantitative estimate of drug-likeness (QED) is 0.699. The van der Waals surface area contributed by atoms with Crippen LogP contribution in [0.4, 0.5) is 0 Å². The molecule has 16 heavy (non-hydrogen) atoms. The molecular weight excluding hydrogens is 202 g/mol. The SMILES string of the molecule is C1CCC2NCCC2C1.CC(C)(C)OC=O. The first kappa shape index (κ1) is 13.5. The molecule has 0 amide bonds. The summed E-state index contributed by atoms with van der Waals surface area (Å²) in [6.07, 6.45) is 7.35. The molecule has 3 nitrogen and oxygen atoms in total. The average molecular weight is 227 g/mol. The summed E-state index contributed by atoms with van der Waals surface area (Å²) in [5.74, 6) is 1.05. The first-order valence-electron chi connectivity index (χ1n) is 6.38. The third-order valence-corrected chi connectivity index (χ3v) is 3.23. The number of nitrogens with one attached hydrogen (secondary N) is 1. The second-order valence-electron chi connectivity index (χ2n) is 5.72. The van der Waals surface area contributed by atoms with E-state index in [9.17, 15) is 4.79 Å². The Labute approximate surface area is 98.9 Å². The van der Waals surface area contributed by atoms with Crippen LogP contribution in [0.2, 0.25) is 0 Å². The maximum atomic E-state index is 9.60. The van der Waals surface area contributed by atoms with Gasteiger partial charge in [-0.15, -0.1) is 0 Å². The van der Waals surface area contributed by atoms with E-state index in [2.05, 4.69) is 10.1 Å². The predicted molar refractivity (Wildman–Crippen MR) is 65.3 cm³/mol. The molecule has 2 unspecified atom stereocenters. The number of rotatable bonds is 1. The molecular formula is C13H25NO2. The van der Waals surface area contributed by atoms with Crippen LogP contribution in [0.1, 0.15) is 52.9 Å². The van der Waals surface area contributed by atoms with Gasteiger partial charge in [0.15, 0.2) is 0 Å². The summed E-state index contributed by atoms with van der Waals surface area (Å²) >= 11 is 0. The van der Waals surface area contributed by atoms with E-state index < -0.39 is 0 Å². The van der Waals surface area contributed by atoms with Crippen molar-refractivity contribution >= 4 is 6.47 Å². The average Bonchev–Trinajstić information content (AvgIpc) is 2.64. The van der Waals surface area contributed by atoms with Crippen molar-refractivity contribution < 1.29 is 9.53 Å². The fourth-order valence-corrected chi connectivity index (χ4v) is 2.42. The predicted octanol–water partition coefficient (Wildman–Crippen LogP) is 2.50. The smallest absolute Gasteiger partial charge is 0.293 e. The maximum Gasteiger partial charge on any atom is 0.293 e. The summed E-state index contributed by atoms with van der Waals surface area (Å²) in [5.41, 5.74) is -0.318. The van der Waals surface area contributed by atoms with Gasteiger partial charge in [-0.05, 0) is 52.5 Å². The van der Waals surface area contributed by atoms with Gasteiger partial charge < -0.3 is 10.1 Å². The molecule has 1 heterocycles. The van der Waals surface area contributed by atoms with Crippen LogP contribution in [-0.4, -0.2) is 24.7 Å². The fourth-order valence-electron chi connectivity index (χ4n) is 2.42. The van der Waals surface area contributed by atoms with Crippen molar-refractivity contribution in [3.8, 4) is 0 Å². The lowest BCUT2D eigenvalue weighted by Crippen LogP contribution is -2.29. The summed E-state index contributed by atoms with van der Waals surface area (Å²) in [6, 6.07) is 0.916. The van der Waals surface area contributed by atoms with Crippen LogP contribution in [0.3, 0.4) is 0 Å². The van der Waals surface area contributed by atoms with Crippen molar-refractivity contribution in [3.05, 3.63) is 0 Å². The maximum absolute atomic E-state index is 9.60. The van der Waals surface area contributed by atoms with Crippen molar-refractivity contribution in [2.24, 2.45) is 5.92 Å². The van der Waals surface area contributed by atoms with Gasteiger partial charge in [0.25, 0.3) is 6.47 Å². The van der Waals surface area contributed by atoms with E-state index in [-0.39, 0.29) is 5.60 Å². The van der Waals surface area contributed by atoms with E-state index in [1.54, 1.807) is 0 Å². The Hall–Kier alpha value is -0.570. The second-order valence-corrected chi connectivity index (χ2v) is 5.72. The molecule has 1 saturated carbocycles. The Morgan fingerprint density at radius 3 is 2.38 bits per heavy atom. The minimum Gasteiger partial charge on any atom is -0.462 e. The van der Waals surface area contributed by atoms with Gasteiger partial charge in [0.2, 0.25) is 0 Å². The van der Waals surface area contributed by atoms with Gasteiger partial charge in [0.05, 0.1) is 0 Å². The van der Waals surface area contributed by atoms with Gasteiger partial charge in [-0.25, -0.2) is 0 Å². The lowest BCUT2D eigenvalue weighted by atomic mass is 9.86. The highest BCUT2D eigenvalue weighted by molar-refractivity contribution is 5.37. The molecule has 2 rings (SSSR count). The topological polar surface area (TPSA) is 38.3 Å². The zero-order chi connectivity index (χ0) is 12.0. The Morgan fingerprint density at radius 1 is 1.19 bits per heavy atom. The number of hydrogen-bond donors (Lipinski definition) is 1. The summed E-state index contributed by atoms with van der Waals surface area (Å²) < 4.78 is 4.55. The van der Waals surface area contributed by atoms with Crippen LogP contribution in [0, 0.1) is 5.92 Å². The van der Waals surface area contributed by atoms with Crippen molar-refractivity contribution in [2.75, 3.05) is 6.54 Å². The Morgan fingerprint density at radius 2 is 1.88 bits per heavy atom. The van der Waals surface area contributed by atoms with Crippen LogP contribution in [-0.2, 0) is 9.53 Å². The monoisotopic (exact) mass is 227 g/mol. The molecule has 2 fully saturated rings. The van der Waals surface area contributed by atoms with E-state index in [0.29, 0.717) is 6.47 Å². The third-order valence-electron chi connectivity index (χ3n) is 3.23. The molecule has 0 aromatic rings. The number of carbonyl (C=O) groups excluding carboxylic acids is 1. The van der Waals surface area contributed by atoms with Crippen molar-refractivity contribution in [3.63, 3.8) is 0 Å². The van der Waals surface area contributed by atoms with E-state index in [4.69, 9.17) is 0 Å². The van der Waals surface area contributed by atoms with Gasteiger partial charge in [0, 0.05) is 6.04 Å². The molecule has 2 atom stereocenters. The minimum absolute atomic E-state index is 0.318. The number of carbonyl (C=O) groups is 1. The Bertz CT molecular complexity index is 198. The molecule has 1 aliphatic carbocycles. The fraction of sp³-hybridized carbons (Fsp3) is 0.923. The molecule has 1 aliphatic heterocycles. The minimum atomic E-state index is -0.318. The van der Waals surface area contributed by atoms with Crippen molar-refractivity contribution in [2.45, 2.75) is 64.5 Å². The van der Waals surface area contributed by atoms with E-state index in [1.807, 2.05) is 20.8 Å². The second kappa shape index (κ2) is 6.24. The highest BCUT2D eigenvalue weighted by atomic mass is 16.5. The highest BCUT2D eigenvalue weighted by Gasteiger charge is 2.28. The molecule has 0 radical (unpaired) electrons. The van der Waals surface area contributed by atoms with Crippen LogP contribution in [0.15, 0.2) is 0 Å². The van der Waals surface area contributed by atoms with Gasteiger partial charge >= 0.3 is 0 Å². The first-order valence-corrected chi connectivity index (χ1v) is 6.38. The number of ether oxygens (including phenoxy) is 1. The van der Waals surface area contributed by atoms with Gasteiger partial charge in [-0.3, -0.25) is 4.79 Å². The highest BCUT2D eigenvalue weighted by Crippen LogP contribution is 2.29. The Kier molecular flexibility index (Phi) is 5.26. The summed E-state index contributed by atoms with van der Waals surface area (Å²) in [7, 11) is 0. The lowest BCUT2D eigenvalue weighted by molar-refractivity contribution is -0.138. The summed E-state index contributed by atoms with van der Waals surface area (Å²) in [6.45, 7) is 7.21. The normalized spacial score (nSPS) is 28.7. The Balaban J connectivity index is 0.000000168. The van der Waals surface area contributed by atoms with E-state index in [0.717, 1.165) is 12.0 Å². The van der Waals surface area contributed by atoms with Gasteiger partial charge in [-0.2, -0.15) is 0 Å². The molecule has 1 saturated heterocycles. The molecule has 0 bridgehead atoms. The molecule has 0 spiro atoms. The zero-order valence-corrected chi connectivity index (χ0v) is 10.8. The van der Waals surface area contributed by atoms with Crippen molar-refractivity contribution in [1.29, 1.82) is 0 Å². The third kappa shape index (κ3) is 4.97. The number of fused-ring (bicyclic) bond motifs is 1. The van der Waals surface area contributed by atoms with Gasteiger partial charge in [0.1, 0.15) is 5.60 Å². The van der Waals surface area contributed by atoms with Crippen LogP contribution in [0.5, 0.6) is 0 Å². The molecule has 1 N–H and O–H groups in total. The molecule has 2 aliphatic rings. The summed E-state index contributed by atoms with van der Waals surface area (Å²) in [5, 5.41) is 3.56. The van der Waals surface area contributed by atoms with Crippen molar-refractivity contribution in [1.82, 2.24) is 5.32 Å². The van der Waals surface area contributed by atoms with Crippen LogP contribution in [0.25, 0.3) is 0 Å². The van der Waals surface area contributed by atoms with Crippen LogP contribution < -0.4 is 5.32 Å². The lowest BCUT2D eigenvalue weighted by Gasteiger charge is -2.24. The largest absolute Gasteiger partial charge is 0.462 e. The molecule has 0 aromatic carbocycles. The standard InChI is InChI=1S/C8H15N.C5H10O2/c1-2-4-8-7(3-1)5-6-9-8;1-5(2,3)7-4-6/h7-9H,1-6H2;4H,1-3H3. The zero-order valence-electron chi connectivity index (χ0n) is 10.8. The summed E-state index contributed by atoms with van der Waals surface area (Å²) in [4.78, 5) is 9.60. The molecule has 0 aromatic heterocycles. The van der Waals surface area contributed by atoms with Crippen LogP contribution >= 0.6 is 0 Å².